The summed E-state index contributed by atoms with van der Waals surface area (Å²) in [5, 5.41) is 0. The highest BCUT2D eigenvalue weighted by Gasteiger charge is 2.41. The Morgan fingerprint density at radius 3 is 2.55 bits per heavy atom. The van der Waals surface area contributed by atoms with Crippen molar-refractivity contribution in [3.63, 3.8) is 0 Å². The number of rotatable bonds is 4. The second-order valence-electron chi connectivity index (χ2n) is 6.01. The summed E-state index contributed by atoms with van der Waals surface area (Å²) in [6.07, 6.45) is 7.43. The van der Waals surface area contributed by atoms with E-state index in [1.165, 1.54) is 36.8 Å². The smallest absolute Gasteiger partial charge is 0.118 e. The lowest BCUT2D eigenvalue weighted by Gasteiger charge is -2.19. The van der Waals surface area contributed by atoms with Crippen molar-refractivity contribution in [2.45, 2.75) is 45.4 Å². The Bertz CT molecular complexity index is 548. The molecular weight excluding hydrogens is 244 g/mol. The van der Waals surface area contributed by atoms with Gasteiger partial charge in [0.1, 0.15) is 5.75 Å². The van der Waals surface area contributed by atoms with E-state index in [2.05, 4.69) is 44.2 Å². The molecule has 0 amide bonds. The van der Waals surface area contributed by atoms with Crippen LogP contribution in [0.25, 0.3) is 0 Å². The molecule has 0 aliphatic heterocycles. The Morgan fingerprint density at radius 2 is 1.90 bits per heavy atom. The van der Waals surface area contributed by atoms with E-state index < -0.39 is 0 Å². The van der Waals surface area contributed by atoms with E-state index in [9.17, 15) is 0 Å². The molecule has 1 aromatic carbocycles. The van der Waals surface area contributed by atoms with Crippen molar-refractivity contribution in [2.24, 2.45) is 5.92 Å². The third-order valence-electron chi connectivity index (χ3n) is 4.86. The molecule has 0 saturated heterocycles. The normalized spacial score (nSPS) is 25.4. The molecule has 2 unspecified atom stereocenters. The van der Waals surface area contributed by atoms with Gasteiger partial charge in [-0.25, -0.2) is 0 Å². The van der Waals surface area contributed by atoms with Crippen LogP contribution in [-0.2, 0) is 0 Å². The highest BCUT2D eigenvalue weighted by Crippen LogP contribution is 2.55. The lowest BCUT2D eigenvalue weighted by atomic mass is 9.86. The van der Waals surface area contributed by atoms with Gasteiger partial charge in [0.05, 0.1) is 7.11 Å². The highest BCUT2D eigenvalue weighted by molar-refractivity contribution is 5.43. The molecule has 1 nitrogen and oxygen atoms in total. The zero-order valence-corrected chi connectivity index (χ0v) is 12.8. The summed E-state index contributed by atoms with van der Waals surface area (Å²) in [4.78, 5) is 0. The molecule has 0 radical (unpaired) electrons. The minimum absolute atomic E-state index is 0.739. The van der Waals surface area contributed by atoms with E-state index in [0.717, 1.165) is 17.6 Å². The minimum Gasteiger partial charge on any atom is -0.497 e. The van der Waals surface area contributed by atoms with Crippen molar-refractivity contribution in [1.82, 2.24) is 0 Å². The lowest BCUT2D eigenvalue weighted by Crippen LogP contribution is -2.02. The Morgan fingerprint density at radius 1 is 1.15 bits per heavy atom. The van der Waals surface area contributed by atoms with Gasteiger partial charge in [-0.3, -0.25) is 0 Å². The standard InChI is InChI=1S/C19H24O/c1-4-16-13(2)6-5-7-17(16)19-12-18(19)14-8-10-15(20-3)11-9-14/h6,8-11,18-19H,4-5,7,12H2,1-3H3. The van der Waals surface area contributed by atoms with Gasteiger partial charge in [0, 0.05) is 0 Å². The third kappa shape index (κ3) is 2.42. The molecule has 2 aliphatic carbocycles. The van der Waals surface area contributed by atoms with Crippen molar-refractivity contribution in [3.05, 3.63) is 52.6 Å². The summed E-state index contributed by atoms with van der Waals surface area (Å²) in [7, 11) is 1.73. The Labute approximate surface area is 122 Å². The molecule has 1 heteroatoms. The van der Waals surface area contributed by atoms with Crippen molar-refractivity contribution in [3.8, 4) is 5.75 Å². The van der Waals surface area contributed by atoms with Crippen LogP contribution >= 0.6 is 0 Å². The summed E-state index contributed by atoms with van der Waals surface area (Å²) < 4.78 is 5.24. The zero-order valence-electron chi connectivity index (χ0n) is 12.8. The molecule has 0 aromatic heterocycles. The van der Waals surface area contributed by atoms with Gasteiger partial charge in [-0.05, 0) is 67.7 Å². The van der Waals surface area contributed by atoms with E-state index in [1.54, 1.807) is 18.3 Å². The Kier molecular flexibility index (Phi) is 3.69. The van der Waals surface area contributed by atoms with Crippen LogP contribution < -0.4 is 4.74 Å². The maximum atomic E-state index is 5.24. The third-order valence-corrected chi connectivity index (χ3v) is 4.86. The first-order valence-corrected chi connectivity index (χ1v) is 7.77. The van der Waals surface area contributed by atoms with Crippen LogP contribution in [0.1, 0.15) is 51.0 Å². The molecule has 106 valence electrons. The SMILES string of the molecule is CCC1=C(C2CC2c2ccc(OC)cc2)CCC=C1C. The number of benzene rings is 1. The first kappa shape index (κ1) is 13.5. The van der Waals surface area contributed by atoms with E-state index >= 15 is 0 Å². The van der Waals surface area contributed by atoms with Crippen LogP contribution in [0.4, 0.5) is 0 Å². The lowest BCUT2D eigenvalue weighted by molar-refractivity contribution is 0.414. The second kappa shape index (κ2) is 5.47. The molecular formula is C19H24O. The fourth-order valence-corrected chi connectivity index (χ4v) is 3.69. The maximum absolute atomic E-state index is 5.24. The fraction of sp³-hybridized carbons (Fsp3) is 0.474. The molecule has 1 fully saturated rings. The topological polar surface area (TPSA) is 9.23 Å². The Hall–Kier alpha value is -1.50. The molecule has 20 heavy (non-hydrogen) atoms. The minimum atomic E-state index is 0.739. The van der Waals surface area contributed by atoms with Crippen molar-refractivity contribution in [1.29, 1.82) is 0 Å². The van der Waals surface area contributed by atoms with E-state index in [4.69, 9.17) is 4.74 Å². The molecule has 1 saturated carbocycles. The largest absolute Gasteiger partial charge is 0.497 e. The highest BCUT2D eigenvalue weighted by atomic mass is 16.5. The van der Waals surface area contributed by atoms with Gasteiger partial charge in [0.2, 0.25) is 0 Å². The quantitative estimate of drug-likeness (QED) is 0.725. The van der Waals surface area contributed by atoms with Gasteiger partial charge >= 0.3 is 0 Å². The number of allylic oxidation sites excluding steroid dienone is 4. The second-order valence-corrected chi connectivity index (χ2v) is 6.01. The summed E-state index contributed by atoms with van der Waals surface area (Å²) in [5.74, 6) is 2.49. The van der Waals surface area contributed by atoms with Crippen LogP contribution in [0, 0.1) is 5.92 Å². The van der Waals surface area contributed by atoms with Crippen molar-refractivity contribution in [2.75, 3.05) is 7.11 Å². The molecule has 0 heterocycles. The summed E-state index contributed by atoms with van der Waals surface area (Å²) in [5.41, 5.74) is 6.38. The average Bonchev–Trinajstić information content (AvgIpc) is 3.27. The summed E-state index contributed by atoms with van der Waals surface area (Å²) in [6, 6.07) is 8.65. The van der Waals surface area contributed by atoms with E-state index in [1.807, 2.05) is 0 Å². The predicted molar refractivity (Wildman–Crippen MR) is 84.2 cm³/mol. The van der Waals surface area contributed by atoms with E-state index in [0.29, 0.717) is 0 Å². The van der Waals surface area contributed by atoms with Crippen LogP contribution in [0.3, 0.4) is 0 Å². The predicted octanol–water partition coefficient (Wildman–Crippen LogP) is 5.25. The monoisotopic (exact) mass is 268 g/mol. The molecule has 2 atom stereocenters. The number of ether oxygens (including phenoxy) is 1. The van der Waals surface area contributed by atoms with Crippen molar-refractivity contribution < 1.29 is 4.74 Å². The average molecular weight is 268 g/mol. The molecule has 1 aromatic rings. The molecule has 0 bridgehead atoms. The molecule has 0 N–H and O–H groups in total. The van der Waals surface area contributed by atoms with Crippen LogP contribution in [0.5, 0.6) is 5.75 Å². The fourth-order valence-electron chi connectivity index (χ4n) is 3.69. The molecule has 0 spiro atoms. The van der Waals surface area contributed by atoms with Gasteiger partial charge in [0.15, 0.2) is 0 Å². The van der Waals surface area contributed by atoms with Gasteiger partial charge < -0.3 is 4.74 Å². The number of methoxy groups -OCH3 is 1. The van der Waals surface area contributed by atoms with Crippen LogP contribution in [-0.4, -0.2) is 7.11 Å². The summed E-state index contributed by atoms with van der Waals surface area (Å²) in [6.45, 7) is 4.57. The van der Waals surface area contributed by atoms with Gasteiger partial charge in [0.25, 0.3) is 0 Å². The van der Waals surface area contributed by atoms with E-state index in [-0.39, 0.29) is 0 Å². The van der Waals surface area contributed by atoms with Gasteiger partial charge in [-0.1, -0.05) is 36.3 Å². The summed E-state index contributed by atoms with van der Waals surface area (Å²) >= 11 is 0. The zero-order chi connectivity index (χ0) is 14.1. The maximum Gasteiger partial charge on any atom is 0.118 e. The first-order valence-electron chi connectivity index (χ1n) is 7.77. The van der Waals surface area contributed by atoms with Gasteiger partial charge in [-0.2, -0.15) is 0 Å². The Balaban J connectivity index is 1.79. The molecule has 2 aliphatic rings. The number of hydrogen-bond acceptors (Lipinski definition) is 1. The molecule has 3 rings (SSSR count). The van der Waals surface area contributed by atoms with Crippen molar-refractivity contribution >= 4 is 0 Å². The first-order chi connectivity index (χ1) is 9.74. The van der Waals surface area contributed by atoms with Crippen LogP contribution in [0.2, 0.25) is 0 Å². The van der Waals surface area contributed by atoms with Gasteiger partial charge in [-0.15, -0.1) is 0 Å². The van der Waals surface area contributed by atoms with Crippen LogP contribution in [0.15, 0.2) is 47.1 Å². The number of hydrogen-bond donors (Lipinski definition) is 0.